The van der Waals surface area contributed by atoms with Gasteiger partial charge in [-0.2, -0.15) is 0 Å². The van der Waals surface area contributed by atoms with Crippen LogP contribution in [0.2, 0.25) is 5.02 Å². The molecular weight excluding hydrogens is 283 g/mol. The average Bonchev–Trinajstić information content (AvgIpc) is 2.42. The molecule has 0 unspecified atom stereocenters. The summed E-state index contributed by atoms with van der Waals surface area (Å²) in [7, 11) is 0. The van der Waals surface area contributed by atoms with Crippen LogP contribution in [0.5, 0.6) is 0 Å². The third-order valence-electron chi connectivity index (χ3n) is 2.83. The van der Waals surface area contributed by atoms with E-state index in [4.69, 9.17) is 16.7 Å². The van der Waals surface area contributed by atoms with Crippen molar-refractivity contribution < 1.29 is 14.3 Å². The number of nitrogens with one attached hydrogen (secondary N) is 1. The second kappa shape index (κ2) is 8.76. The Bertz CT molecular complexity index is 435. The van der Waals surface area contributed by atoms with Gasteiger partial charge in [0.2, 0.25) is 0 Å². The predicted molar refractivity (Wildman–Crippen MR) is 78.6 cm³/mol. The van der Waals surface area contributed by atoms with Crippen molar-refractivity contribution >= 4 is 23.3 Å². The summed E-state index contributed by atoms with van der Waals surface area (Å²) >= 11 is 5.87. The van der Waals surface area contributed by atoms with Crippen molar-refractivity contribution in [2.75, 3.05) is 25.0 Å². The first-order valence-corrected chi connectivity index (χ1v) is 7.08. The number of halogens is 2. The number of rotatable bonds is 7. The molecule has 0 saturated carbocycles. The topological polar surface area (TPSA) is 52.6 Å². The van der Waals surface area contributed by atoms with Gasteiger partial charge in [-0.25, -0.2) is 9.18 Å². The number of unbranched alkanes of at least 4 members (excludes halogenated alkanes) is 1. The molecule has 0 aromatic heterocycles. The van der Waals surface area contributed by atoms with Gasteiger partial charge in [0.25, 0.3) is 0 Å². The van der Waals surface area contributed by atoms with Crippen LogP contribution in [0.1, 0.15) is 26.2 Å². The van der Waals surface area contributed by atoms with Crippen LogP contribution < -0.4 is 5.32 Å². The van der Waals surface area contributed by atoms with Crippen molar-refractivity contribution in [3.05, 3.63) is 29.0 Å². The second-order valence-electron chi connectivity index (χ2n) is 4.47. The predicted octanol–water partition coefficient (Wildman–Crippen LogP) is 3.50. The molecule has 0 bridgehead atoms. The van der Waals surface area contributed by atoms with Gasteiger partial charge >= 0.3 is 6.03 Å². The molecule has 0 saturated heterocycles. The fourth-order valence-corrected chi connectivity index (χ4v) is 1.93. The molecule has 1 rings (SSSR count). The van der Waals surface area contributed by atoms with Gasteiger partial charge in [0.1, 0.15) is 5.82 Å². The highest BCUT2D eigenvalue weighted by Gasteiger charge is 2.14. The van der Waals surface area contributed by atoms with E-state index in [2.05, 4.69) is 5.32 Å². The Morgan fingerprint density at radius 3 is 2.70 bits per heavy atom. The van der Waals surface area contributed by atoms with E-state index in [9.17, 15) is 9.18 Å². The van der Waals surface area contributed by atoms with Crippen LogP contribution in [-0.4, -0.2) is 35.7 Å². The van der Waals surface area contributed by atoms with Gasteiger partial charge in [-0.15, -0.1) is 0 Å². The summed E-state index contributed by atoms with van der Waals surface area (Å²) in [5, 5.41) is 11.7. The molecule has 2 amide bonds. The molecule has 112 valence electrons. The second-order valence-corrected chi connectivity index (χ2v) is 4.88. The Balaban J connectivity index is 2.68. The maximum atomic E-state index is 12.9. The minimum atomic E-state index is -0.448. The Labute approximate surface area is 123 Å². The molecule has 0 fully saturated rings. The molecule has 0 radical (unpaired) electrons. The van der Waals surface area contributed by atoms with Gasteiger partial charge in [0.15, 0.2) is 0 Å². The molecule has 0 atom stereocenters. The largest absolute Gasteiger partial charge is 0.396 e. The zero-order valence-electron chi connectivity index (χ0n) is 11.5. The molecule has 0 aliphatic carbocycles. The molecule has 1 aromatic rings. The van der Waals surface area contributed by atoms with E-state index in [1.807, 2.05) is 6.92 Å². The summed E-state index contributed by atoms with van der Waals surface area (Å²) < 4.78 is 12.9. The smallest absolute Gasteiger partial charge is 0.321 e. The summed E-state index contributed by atoms with van der Waals surface area (Å²) in [6.07, 6.45) is 2.38. The SMILES string of the molecule is CCCCN(CCCO)C(=O)Nc1ccc(F)cc1Cl. The van der Waals surface area contributed by atoms with Crippen LogP contribution >= 0.6 is 11.6 Å². The summed E-state index contributed by atoms with van der Waals surface area (Å²) in [6.45, 7) is 3.16. The highest BCUT2D eigenvalue weighted by molar-refractivity contribution is 6.33. The van der Waals surface area contributed by atoms with Crippen molar-refractivity contribution in [1.29, 1.82) is 0 Å². The molecule has 0 heterocycles. The van der Waals surface area contributed by atoms with Crippen LogP contribution in [0.15, 0.2) is 18.2 Å². The molecular formula is C14H20ClFN2O2. The number of aliphatic hydroxyl groups excluding tert-OH is 1. The first kappa shape index (κ1) is 16.7. The number of carbonyl (C=O) groups is 1. The Morgan fingerprint density at radius 2 is 2.10 bits per heavy atom. The van der Waals surface area contributed by atoms with Crippen molar-refractivity contribution in [1.82, 2.24) is 4.90 Å². The summed E-state index contributed by atoms with van der Waals surface area (Å²) in [4.78, 5) is 13.8. The Kier molecular flexibility index (Phi) is 7.33. The lowest BCUT2D eigenvalue weighted by Gasteiger charge is -2.23. The number of carbonyl (C=O) groups excluding carboxylic acids is 1. The molecule has 0 aliphatic rings. The zero-order valence-corrected chi connectivity index (χ0v) is 12.3. The summed E-state index contributed by atoms with van der Waals surface area (Å²) in [5.74, 6) is -0.448. The van der Waals surface area contributed by atoms with Gasteiger partial charge < -0.3 is 15.3 Å². The van der Waals surface area contributed by atoms with Gasteiger partial charge in [-0.05, 0) is 31.0 Å². The van der Waals surface area contributed by atoms with Crippen LogP contribution in [0.3, 0.4) is 0 Å². The Morgan fingerprint density at radius 1 is 1.40 bits per heavy atom. The van der Waals surface area contributed by atoms with Crippen LogP contribution in [-0.2, 0) is 0 Å². The van der Waals surface area contributed by atoms with E-state index in [-0.39, 0.29) is 17.7 Å². The van der Waals surface area contributed by atoms with E-state index in [1.54, 1.807) is 4.90 Å². The minimum Gasteiger partial charge on any atom is -0.396 e. The number of nitrogens with zero attached hydrogens (tertiary/aromatic N) is 1. The number of amides is 2. The molecule has 1 aromatic carbocycles. The first-order valence-electron chi connectivity index (χ1n) is 6.70. The highest BCUT2D eigenvalue weighted by atomic mass is 35.5. The van der Waals surface area contributed by atoms with Crippen LogP contribution in [0.25, 0.3) is 0 Å². The number of aliphatic hydroxyl groups is 1. The third kappa shape index (κ3) is 5.35. The van der Waals surface area contributed by atoms with Crippen molar-refractivity contribution in [2.45, 2.75) is 26.2 Å². The van der Waals surface area contributed by atoms with Crippen LogP contribution in [0.4, 0.5) is 14.9 Å². The maximum absolute atomic E-state index is 12.9. The summed E-state index contributed by atoms with van der Waals surface area (Å²) in [6, 6.07) is 3.53. The monoisotopic (exact) mass is 302 g/mol. The lowest BCUT2D eigenvalue weighted by Crippen LogP contribution is -2.36. The number of anilines is 1. The van der Waals surface area contributed by atoms with Crippen molar-refractivity contribution in [3.63, 3.8) is 0 Å². The fraction of sp³-hybridized carbons (Fsp3) is 0.500. The normalized spacial score (nSPS) is 10.4. The van der Waals surface area contributed by atoms with Crippen molar-refractivity contribution in [2.24, 2.45) is 0 Å². The lowest BCUT2D eigenvalue weighted by atomic mass is 10.3. The van der Waals surface area contributed by atoms with Gasteiger partial charge in [-0.3, -0.25) is 0 Å². The van der Waals surface area contributed by atoms with E-state index in [1.165, 1.54) is 12.1 Å². The molecule has 6 heteroatoms. The number of hydrogen-bond acceptors (Lipinski definition) is 2. The lowest BCUT2D eigenvalue weighted by molar-refractivity contribution is 0.201. The number of benzene rings is 1. The quantitative estimate of drug-likeness (QED) is 0.810. The minimum absolute atomic E-state index is 0.0349. The standard InChI is InChI=1S/C14H20ClFN2O2/c1-2-3-7-18(8-4-9-19)14(20)17-13-6-5-11(16)10-12(13)15/h5-6,10,19H,2-4,7-9H2,1H3,(H,17,20). The van der Waals surface area contributed by atoms with E-state index in [0.717, 1.165) is 18.9 Å². The molecule has 2 N–H and O–H groups in total. The number of hydrogen-bond donors (Lipinski definition) is 2. The van der Waals surface area contributed by atoms with E-state index < -0.39 is 5.82 Å². The Hall–Kier alpha value is -1.33. The van der Waals surface area contributed by atoms with E-state index >= 15 is 0 Å². The fourth-order valence-electron chi connectivity index (χ4n) is 1.71. The molecule has 4 nitrogen and oxygen atoms in total. The van der Waals surface area contributed by atoms with Crippen molar-refractivity contribution in [3.8, 4) is 0 Å². The van der Waals surface area contributed by atoms with Crippen LogP contribution in [0, 0.1) is 5.82 Å². The van der Waals surface area contributed by atoms with Gasteiger partial charge in [-0.1, -0.05) is 24.9 Å². The molecule has 0 spiro atoms. The highest BCUT2D eigenvalue weighted by Crippen LogP contribution is 2.22. The van der Waals surface area contributed by atoms with Gasteiger partial charge in [0, 0.05) is 19.7 Å². The van der Waals surface area contributed by atoms with E-state index in [0.29, 0.717) is 25.2 Å². The number of urea groups is 1. The zero-order chi connectivity index (χ0) is 15.0. The molecule has 0 aliphatic heterocycles. The summed E-state index contributed by atoms with van der Waals surface area (Å²) in [5.41, 5.74) is 0.378. The first-order chi connectivity index (χ1) is 9.58. The maximum Gasteiger partial charge on any atom is 0.321 e. The van der Waals surface area contributed by atoms with Gasteiger partial charge in [0.05, 0.1) is 10.7 Å². The third-order valence-corrected chi connectivity index (χ3v) is 3.14. The molecule has 20 heavy (non-hydrogen) atoms. The average molecular weight is 303 g/mol.